The minimum absolute atomic E-state index is 0.0488. The van der Waals surface area contributed by atoms with Gasteiger partial charge in [0.1, 0.15) is 27.4 Å². The van der Waals surface area contributed by atoms with Crippen molar-refractivity contribution in [3.63, 3.8) is 0 Å². The lowest BCUT2D eigenvalue weighted by Crippen LogP contribution is -2.15. The largest absolute Gasteiger partial charge is 0.345 e. The number of halogens is 3. The molecule has 5 nitrogen and oxygen atoms in total. The van der Waals surface area contributed by atoms with Crippen molar-refractivity contribution in [3.05, 3.63) is 77.1 Å². The zero-order chi connectivity index (χ0) is 22.3. The van der Waals surface area contributed by atoms with Gasteiger partial charge in [-0.05, 0) is 49.4 Å². The monoisotopic (exact) mass is 463 g/mol. The quantitative estimate of drug-likeness (QED) is 0.434. The molecule has 0 atom stereocenters. The molecule has 0 saturated carbocycles. The molecule has 2 heterocycles. The number of nitrogens with zero attached hydrogens (tertiary/aromatic N) is 2. The van der Waals surface area contributed by atoms with E-state index in [0.29, 0.717) is 28.2 Å². The van der Waals surface area contributed by atoms with Gasteiger partial charge in [0.05, 0.1) is 17.1 Å². The Balaban J connectivity index is 1.69. The number of anilines is 1. The summed E-state index contributed by atoms with van der Waals surface area (Å²) >= 11 is 1.31. The van der Waals surface area contributed by atoms with Crippen molar-refractivity contribution in [3.8, 4) is 22.0 Å². The Kier molecular flexibility index (Phi) is 5.36. The molecular formula is C21H16F3N3O2S2. The number of sulfonamides is 1. The van der Waals surface area contributed by atoms with Crippen molar-refractivity contribution in [2.75, 3.05) is 4.72 Å². The van der Waals surface area contributed by atoms with Crippen LogP contribution < -0.4 is 4.72 Å². The lowest BCUT2D eigenvalue weighted by Gasteiger charge is -2.09. The summed E-state index contributed by atoms with van der Waals surface area (Å²) in [6.07, 6.45) is 0. The van der Waals surface area contributed by atoms with E-state index < -0.39 is 21.7 Å². The van der Waals surface area contributed by atoms with Crippen LogP contribution in [0.3, 0.4) is 0 Å². The van der Waals surface area contributed by atoms with E-state index in [1.807, 2.05) is 0 Å². The summed E-state index contributed by atoms with van der Waals surface area (Å²) < 4.78 is 69.8. The highest BCUT2D eigenvalue weighted by Crippen LogP contribution is 2.33. The fourth-order valence-electron chi connectivity index (χ4n) is 3.07. The van der Waals surface area contributed by atoms with Crippen LogP contribution in [0.25, 0.3) is 22.0 Å². The summed E-state index contributed by atoms with van der Waals surface area (Å²) in [5, 5.41) is 2.37. The topological polar surface area (TPSA) is 64.0 Å². The molecule has 0 saturated heterocycles. The minimum Gasteiger partial charge on any atom is -0.345 e. The SMILES string of the molecule is Cc1c(S(=O)(=O)Nc2ccc(F)cc2F)cc(-c2nc(-c3ccc(F)cc3)cs2)n1C. The average molecular weight is 464 g/mol. The van der Waals surface area contributed by atoms with Crippen LogP contribution in [0, 0.1) is 24.4 Å². The summed E-state index contributed by atoms with van der Waals surface area (Å²) in [7, 11) is -2.44. The standard InChI is InChI=1S/C21H16F3N3O2S2/c1-12-20(31(28,29)26-17-8-7-15(23)9-16(17)24)10-19(27(12)2)21-25-18(11-30-21)13-3-5-14(22)6-4-13/h3-11,26H,1-2H3. The molecular weight excluding hydrogens is 447 g/mol. The molecule has 0 bridgehead atoms. The molecule has 0 unspecified atom stereocenters. The first-order valence-corrected chi connectivity index (χ1v) is 11.4. The maximum absolute atomic E-state index is 13.9. The van der Waals surface area contributed by atoms with Crippen molar-refractivity contribution in [2.24, 2.45) is 7.05 Å². The molecule has 0 aliphatic carbocycles. The zero-order valence-electron chi connectivity index (χ0n) is 16.4. The van der Waals surface area contributed by atoms with E-state index >= 15 is 0 Å². The average Bonchev–Trinajstić information content (AvgIpc) is 3.31. The van der Waals surface area contributed by atoms with Crippen molar-refractivity contribution >= 4 is 27.0 Å². The van der Waals surface area contributed by atoms with E-state index in [9.17, 15) is 21.6 Å². The fraction of sp³-hybridized carbons (Fsp3) is 0.0952. The zero-order valence-corrected chi connectivity index (χ0v) is 18.0. The predicted octanol–water partition coefficient (Wildman–Crippen LogP) is 5.34. The van der Waals surface area contributed by atoms with Gasteiger partial charge in [0, 0.05) is 29.8 Å². The summed E-state index contributed by atoms with van der Waals surface area (Å²) in [5.74, 6) is -2.17. The molecule has 1 N–H and O–H groups in total. The van der Waals surface area contributed by atoms with Crippen LogP contribution in [0.2, 0.25) is 0 Å². The normalized spacial score (nSPS) is 11.6. The van der Waals surface area contributed by atoms with Crippen LogP contribution >= 0.6 is 11.3 Å². The third-order valence-corrected chi connectivity index (χ3v) is 7.16. The Labute approximate surface area is 180 Å². The molecule has 0 fully saturated rings. The van der Waals surface area contributed by atoms with Crippen LogP contribution in [0.1, 0.15) is 5.69 Å². The molecule has 2 aromatic carbocycles. The second-order valence-electron chi connectivity index (χ2n) is 6.81. The smallest absolute Gasteiger partial charge is 0.263 e. The molecule has 10 heteroatoms. The van der Waals surface area contributed by atoms with Crippen LogP contribution in [-0.4, -0.2) is 18.0 Å². The predicted molar refractivity (Wildman–Crippen MR) is 114 cm³/mol. The Morgan fingerprint density at radius 2 is 1.68 bits per heavy atom. The second-order valence-corrected chi connectivity index (χ2v) is 9.32. The number of hydrogen-bond donors (Lipinski definition) is 1. The first-order valence-electron chi connectivity index (χ1n) is 9.02. The number of thiazole rings is 1. The van der Waals surface area contributed by atoms with Gasteiger partial charge < -0.3 is 4.57 Å². The van der Waals surface area contributed by atoms with Crippen molar-refractivity contribution < 1.29 is 21.6 Å². The van der Waals surface area contributed by atoms with E-state index in [0.717, 1.165) is 17.7 Å². The molecule has 4 aromatic rings. The highest BCUT2D eigenvalue weighted by Gasteiger charge is 2.24. The van der Waals surface area contributed by atoms with Crippen LogP contribution in [0.4, 0.5) is 18.9 Å². The van der Waals surface area contributed by atoms with Gasteiger partial charge in [-0.3, -0.25) is 4.72 Å². The third kappa shape index (κ3) is 4.08. The van der Waals surface area contributed by atoms with E-state index in [-0.39, 0.29) is 16.4 Å². The lowest BCUT2D eigenvalue weighted by molar-refractivity contribution is 0.582. The van der Waals surface area contributed by atoms with E-state index in [1.54, 1.807) is 36.1 Å². The summed E-state index contributed by atoms with van der Waals surface area (Å²) in [6.45, 7) is 1.62. The van der Waals surface area contributed by atoms with Gasteiger partial charge in [0.2, 0.25) is 0 Å². The Morgan fingerprint density at radius 1 is 1.00 bits per heavy atom. The van der Waals surface area contributed by atoms with Crippen molar-refractivity contribution in [2.45, 2.75) is 11.8 Å². The van der Waals surface area contributed by atoms with Gasteiger partial charge in [-0.25, -0.2) is 26.6 Å². The molecule has 0 amide bonds. The Bertz CT molecular complexity index is 1380. The molecule has 4 rings (SSSR count). The van der Waals surface area contributed by atoms with Gasteiger partial charge in [0.15, 0.2) is 0 Å². The summed E-state index contributed by atoms with van der Waals surface area (Å²) in [6, 6.07) is 9.95. The van der Waals surface area contributed by atoms with Gasteiger partial charge in [-0.1, -0.05) is 0 Å². The van der Waals surface area contributed by atoms with E-state index in [2.05, 4.69) is 9.71 Å². The highest BCUT2D eigenvalue weighted by molar-refractivity contribution is 7.92. The minimum atomic E-state index is -4.14. The van der Waals surface area contributed by atoms with Crippen molar-refractivity contribution in [1.29, 1.82) is 0 Å². The second kappa shape index (κ2) is 7.86. The van der Waals surface area contributed by atoms with E-state index in [4.69, 9.17) is 0 Å². The maximum Gasteiger partial charge on any atom is 0.263 e. The molecule has 0 aliphatic rings. The third-order valence-electron chi connectivity index (χ3n) is 4.82. The molecule has 0 aliphatic heterocycles. The fourth-order valence-corrected chi connectivity index (χ4v) is 5.30. The number of rotatable bonds is 5. The molecule has 31 heavy (non-hydrogen) atoms. The first kappa shape index (κ1) is 21.1. The Morgan fingerprint density at radius 3 is 2.35 bits per heavy atom. The maximum atomic E-state index is 13.9. The molecule has 160 valence electrons. The first-order chi connectivity index (χ1) is 14.7. The van der Waals surface area contributed by atoms with Gasteiger partial charge in [0.25, 0.3) is 10.0 Å². The van der Waals surface area contributed by atoms with Crippen LogP contribution in [0.5, 0.6) is 0 Å². The summed E-state index contributed by atoms with van der Waals surface area (Å²) in [5.41, 5.74) is 1.99. The van der Waals surface area contributed by atoms with Crippen molar-refractivity contribution in [1.82, 2.24) is 9.55 Å². The van der Waals surface area contributed by atoms with Gasteiger partial charge in [-0.15, -0.1) is 11.3 Å². The van der Waals surface area contributed by atoms with Crippen LogP contribution in [0.15, 0.2) is 58.8 Å². The highest BCUT2D eigenvalue weighted by atomic mass is 32.2. The van der Waals surface area contributed by atoms with Crippen LogP contribution in [-0.2, 0) is 17.1 Å². The molecule has 0 spiro atoms. The number of aromatic nitrogens is 2. The summed E-state index contributed by atoms with van der Waals surface area (Å²) in [4.78, 5) is 4.50. The number of hydrogen-bond acceptors (Lipinski definition) is 4. The molecule has 0 radical (unpaired) electrons. The van der Waals surface area contributed by atoms with E-state index in [1.165, 1.54) is 29.5 Å². The lowest BCUT2D eigenvalue weighted by atomic mass is 10.2. The molecule has 2 aromatic heterocycles. The Hall–Kier alpha value is -3.11. The van der Waals surface area contributed by atoms with Gasteiger partial charge in [-0.2, -0.15) is 0 Å². The van der Waals surface area contributed by atoms with Gasteiger partial charge >= 0.3 is 0 Å². The number of nitrogens with one attached hydrogen (secondary N) is 1. The number of benzene rings is 2.